The Balaban J connectivity index is 1.39. The molecule has 2 saturated heterocycles. The number of anilines is 1. The first-order chi connectivity index (χ1) is 15.7. The van der Waals surface area contributed by atoms with Gasteiger partial charge >= 0.3 is 6.03 Å². The van der Waals surface area contributed by atoms with Gasteiger partial charge in [-0.1, -0.05) is 32.9 Å². The molecule has 2 aliphatic heterocycles. The smallest absolute Gasteiger partial charge is 0.321 e. The fourth-order valence-corrected chi connectivity index (χ4v) is 6.38. The maximum atomic E-state index is 13.4. The van der Waals surface area contributed by atoms with Gasteiger partial charge in [-0.3, -0.25) is 4.79 Å². The van der Waals surface area contributed by atoms with Crippen molar-refractivity contribution in [1.82, 2.24) is 9.80 Å². The van der Waals surface area contributed by atoms with E-state index in [4.69, 9.17) is 0 Å². The maximum Gasteiger partial charge on any atom is 0.321 e. The van der Waals surface area contributed by atoms with Crippen molar-refractivity contribution in [3.05, 3.63) is 59.7 Å². The van der Waals surface area contributed by atoms with Crippen molar-refractivity contribution in [2.24, 2.45) is 0 Å². The van der Waals surface area contributed by atoms with E-state index in [0.717, 1.165) is 36.4 Å². The lowest BCUT2D eigenvalue weighted by Crippen LogP contribution is -2.54. The third kappa shape index (κ3) is 5.19. The highest BCUT2D eigenvalue weighted by molar-refractivity contribution is 8.00. The molecule has 0 unspecified atom stereocenters. The Hall–Kier alpha value is -2.12. The molecule has 7 heteroatoms. The lowest BCUT2D eigenvalue weighted by molar-refractivity contribution is 0.0585. The lowest BCUT2D eigenvalue weighted by atomic mass is 9.86. The molecule has 0 aromatic heterocycles. The van der Waals surface area contributed by atoms with E-state index < -0.39 is 0 Å². The first-order valence-electron chi connectivity index (χ1n) is 11.5. The highest BCUT2D eigenvalue weighted by Crippen LogP contribution is 2.44. The van der Waals surface area contributed by atoms with Crippen LogP contribution in [0.4, 0.5) is 10.5 Å². The Morgan fingerprint density at radius 3 is 2.18 bits per heavy atom. The molecule has 2 aromatic rings. The summed E-state index contributed by atoms with van der Waals surface area (Å²) in [6, 6.07) is 15.9. The minimum Gasteiger partial charge on any atom is -0.324 e. The molecule has 2 aliphatic rings. The predicted molar refractivity (Wildman–Crippen MR) is 139 cm³/mol. The number of urea groups is 1. The van der Waals surface area contributed by atoms with Crippen molar-refractivity contribution in [1.29, 1.82) is 0 Å². The van der Waals surface area contributed by atoms with Crippen LogP contribution in [-0.4, -0.2) is 58.3 Å². The van der Waals surface area contributed by atoms with Crippen LogP contribution in [0.15, 0.2) is 53.4 Å². The summed E-state index contributed by atoms with van der Waals surface area (Å²) >= 11 is 3.55. The number of amides is 3. The molecule has 0 saturated carbocycles. The summed E-state index contributed by atoms with van der Waals surface area (Å²) in [5.74, 6) is 1.05. The van der Waals surface area contributed by atoms with Crippen molar-refractivity contribution in [2.75, 3.05) is 37.0 Å². The second-order valence-electron chi connectivity index (χ2n) is 9.72. The minimum atomic E-state index is -0.212. The number of nitrogens with zero attached hydrogens (tertiary/aromatic N) is 2. The molecule has 0 aliphatic carbocycles. The average molecular weight is 484 g/mol. The summed E-state index contributed by atoms with van der Waals surface area (Å²) in [7, 11) is 0. The van der Waals surface area contributed by atoms with Crippen molar-refractivity contribution in [3.63, 3.8) is 0 Å². The van der Waals surface area contributed by atoms with Gasteiger partial charge < -0.3 is 15.1 Å². The summed E-state index contributed by atoms with van der Waals surface area (Å²) in [6.45, 7) is 8.60. The van der Waals surface area contributed by atoms with E-state index >= 15 is 0 Å². The van der Waals surface area contributed by atoms with E-state index in [9.17, 15) is 9.59 Å². The minimum absolute atomic E-state index is 0.0662. The molecule has 2 heterocycles. The normalized spacial score (nSPS) is 17.9. The Morgan fingerprint density at radius 1 is 0.970 bits per heavy atom. The molecule has 2 aromatic carbocycles. The van der Waals surface area contributed by atoms with Gasteiger partial charge in [0, 0.05) is 41.5 Å². The maximum absolute atomic E-state index is 13.4. The van der Waals surface area contributed by atoms with Crippen molar-refractivity contribution in [3.8, 4) is 0 Å². The highest BCUT2D eigenvalue weighted by atomic mass is 32.2. The number of piperidine rings is 1. The summed E-state index contributed by atoms with van der Waals surface area (Å²) in [4.78, 5) is 31.1. The quantitative estimate of drug-likeness (QED) is 0.551. The number of carbonyl (C=O) groups excluding carboxylic acids is 2. The molecule has 33 heavy (non-hydrogen) atoms. The van der Waals surface area contributed by atoms with Gasteiger partial charge in [-0.05, 0) is 66.5 Å². The van der Waals surface area contributed by atoms with Crippen LogP contribution in [0.2, 0.25) is 0 Å². The molecule has 0 atom stereocenters. The summed E-state index contributed by atoms with van der Waals surface area (Å²) in [5, 5.41) is 3.01. The van der Waals surface area contributed by atoms with Gasteiger partial charge in [0.15, 0.2) is 0 Å². The zero-order valence-electron chi connectivity index (χ0n) is 19.9. The first kappa shape index (κ1) is 24.0. The van der Waals surface area contributed by atoms with Crippen LogP contribution in [0.1, 0.15) is 49.5 Å². The van der Waals surface area contributed by atoms with Crippen LogP contribution in [0.3, 0.4) is 0 Å². The number of benzene rings is 2. The third-order valence-electron chi connectivity index (χ3n) is 6.59. The monoisotopic (exact) mass is 483 g/mol. The third-order valence-corrected chi connectivity index (χ3v) is 8.89. The Morgan fingerprint density at radius 2 is 1.61 bits per heavy atom. The zero-order valence-corrected chi connectivity index (χ0v) is 21.5. The van der Waals surface area contributed by atoms with E-state index in [1.807, 2.05) is 59.3 Å². The lowest BCUT2D eigenvalue weighted by Gasteiger charge is -2.44. The average Bonchev–Trinajstić information content (AvgIpc) is 3.21. The van der Waals surface area contributed by atoms with E-state index in [1.165, 1.54) is 10.5 Å². The van der Waals surface area contributed by atoms with Gasteiger partial charge in [0.25, 0.3) is 5.91 Å². The second kappa shape index (κ2) is 9.63. The number of likely N-dealkylation sites (tertiary alicyclic amines) is 1. The fourth-order valence-electron chi connectivity index (χ4n) is 4.51. The molecule has 0 bridgehead atoms. The van der Waals surface area contributed by atoms with Crippen molar-refractivity contribution >= 4 is 41.1 Å². The van der Waals surface area contributed by atoms with E-state index in [1.54, 1.807) is 11.8 Å². The van der Waals surface area contributed by atoms with Crippen LogP contribution in [-0.2, 0) is 5.41 Å². The molecular formula is C26H33N3O2S2. The zero-order chi connectivity index (χ0) is 23.6. The fraction of sp³-hybridized carbons (Fsp3) is 0.462. The Kier molecular flexibility index (Phi) is 7.01. The van der Waals surface area contributed by atoms with Gasteiger partial charge in [-0.15, -0.1) is 23.5 Å². The van der Waals surface area contributed by atoms with Crippen LogP contribution in [0.5, 0.6) is 0 Å². The number of hydrogen-bond acceptors (Lipinski definition) is 4. The SMILES string of the molecule is CSc1ccc(NC(=O)N2CCC3(CC2)SCCN3C(=O)c2ccc(C(C)(C)C)cc2)cc1. The molecule has 0 radical (unpaired) electrons. The van der Waals surface area contributed by atoms with Crippen LogP contribution in [0.25, 0.3) is 0 Å². The van der Waals surface area contributed by atoms with Gasteiger partial charge in [-0.25, -0.2) is 4.79 Å². The highest BCUT2D eigenvalue weighted by Gasteiger charge is 2.47. The Bertz CT molecular complexity index is 992. The Labute approximate surface area is 205 Å². The molecule has 176 valence electrons. The second-order valence-corrected chi connectivity index (χ2v) is 12.1. The molecule has 3 amide bonds. The summed E-state index contributed by atoms with van der Waals surface area (Å²) < 4.78 is 0. The number of carbonyl (C=O) groups is 2. The first-order valence-corrected chi connectivity index (χ1v) is 13.7. The summed E-state index contributed by atoms with van der Waals surface area (Å²) in [6.07, 6.45) is 3.62. The summed E-state index contributed by atoms with van der Waals surface area (Å²) in [5.41, 5.74) is 2.85. The van der Waals surface area contributed by atoms with Gasteiger partial charge in [0.05, 0.1) is 4.87 Å². The molecule has 4 rings (SSSR count). The molecular weight excluding hydrogens is 450 g/mol. The molecule has 5 nitrogen and oxygen atoms in total. The van der Waals surface area contributed by atoms with Gasteiger partial charge in [0.1, 0.15) is 0 Å². The van der Waals surface area contributed by atoms with Crippen LogP contribution in [0, 0.1) is 0 Å². The van der Waals surface area contributed by atoms with Crippen LogP contribution >= 0.6 is 23.5 Å². The topological polar surface area (TPSA) is 52.7 Å². The number of thioether (sulfide) groups is 2. The number of rotatable bonds is 3. The largest absolute Gasteiger partial charge is 0.324 e. The van der Waals surface area contributed by atoms with E-state index in [0.29, 0.717) is 13.1 Å². The predicted octanol–water partition coefficient (Wildman–Crippen LogP) is 5.92. The van der Waals surface area contributed by atoms with Crippen molar-refractivity contribution < 1.29 is 9.59 Å². The van der Waals surface area contributed by atoms with Crippen molar-refractivity contribution in [2.45, 2.75) is 48.8 Å². The van der Waals surface area contributed by atoms with E-state index in [2.05, 4.69) is 43.1 Å². The molecule has 1 spiro atoms. The number of nitrogens with one attached hydrogen (secondary N) is 1. The molecule has 1 N–H and O–H groups in total. The van der Waals surface area contributed by atoms with E-state index in [-0.39, 0.29) is 22.2 Å². The van der Waals surface area contributed by atoms with Gasteiger partial charge in [0.2, 0.25) is 0 Å². The molecule has 2 fully saturated rings. The van der Waals surface area contributed by atoms with Crippen LogP contribution < -0.4 is 5.32 Å². The number of hydrogen-bond donors (Lipinski definition) is 1. The standard InChI is InChI=1S/C26H33N3O2S2/c1-25(2,3)20-7-5-19(6-8-20)23(30)29-17-18-33-26(29)13-15-28(16-14-26)24(31)27-21-9-11-22(32-4)12-10-21/h5-12H,13-18H2,1-4H3,(H,27,31). The van der Waals surface area contributed by atoms with Gasteiger partial charge in [-0.2, -0.15) is 0 Å².